The van der Waals surface area contributed by atoms with Crippen LogP contribution >= 0.6 is 0 Å². The van der Waals surface area contributed by atoms with Gasteiger partial charge in [0, 0.05) is 5.54 Å². The summed E-state index contributed by atoms with van der Waals surface area (Å²) in [4.78, 5) is 2.16. The van der Waals surface area contributed by atoms with Gasteiger partial charge in [-0.15, -0.1) is 0 Å². The van der Waals surface area contributed by atoms with Crippen LogP contribution in [-0.2, 0) is 0 Å². The second kappa shape index (κ2) is 4.74. The highest BCUT2D eigenvalue weighted by Gasteiger charge is 2.28. The van der Waals surface area contributed by atoms with E-state index >= 15 is 0 Å². The second-order valence-corrected chi connectivity index (χ2v) is 4.44. The Morgan fingerprint density at radius 1 is 1.38 bits per heavy atom. The Morgan fingerprint density at radius 2 is 1.85 bits per heavy atom. The van der Waals surface area contributed by atoms with Gasteiger partial charge in [-0.1, -0.05) is 11.6 Å². The number of hydrogen-bond acceptors (Lipinski definition) is 3. The number of hydrogen-bond donors (Lipinski definition) is 2. The molecule has 3 N–H and O–H groups in total. The summed E-state index contributed by atoms with van der Waals surface area (Å²) in [6.45, 7) is 8.49. The van der Waals surface area contributed by atoms with E-state index in [2.05, 4.69) is 58.2 Å². The maximum atomic E-state index is 5.52. The first-order chi connectivity index (χ1) is 5.82. The molecule has 0 saturated heterocycles. The van der Waals surface area contributed by atoms with E-state index in [0.29, 0.717) is 0 Å². The van der Waals surface area contributed by atoms with Gasteiger partial charge in [0.1, 0.15) is 0 Å². The van der Waals surface area contributed by atoms with E-state index in [0.717, 1.165) is 0 Å². The third kappa shape index (κ3) is 3.46. The van der Waals surface area contributed by atoms with Gasteiger partial charge in [-0.3, -0.25) is 11.3 Å². The molecule has 0 amide bonds. The Labute approximate surface area is 82.0 Å². The summed E-state index contributed by atoms with van der Waals surface area (Å²) < 4.78 is 0. The van der Waals surface area contributed by atoms with E-state index in [-0.39, 0.29) is 11.6 Å². The number of allylic oxidation sites excluding steroid dienone is 1. The lowest BCUT2D eigenvalue weighted by Gasteiger charge is -2.38. The minimum absolute atomic E-state index is 0.0199. The van der Waals surface area contributed by atoms with E-state index < -0.39 is 0 Å². The molecule has 0 rings (SSSR count). The monoisotopic (exact) mass is 185 g/mol. The fourth-order valence-electron chi connectivity index (χ4n) is 1.07. The van der Waals surface area contributed by atoms with Crippen molar-refractivity contribution in [1.29, 1.82) is 0 Å². The van der Waals surface area contributed by atoms with Crippen molar-refractivity contribution in [3.05, 3.63) is 11.6 Å². The Hall–Kier alpha value is -0.380. The van der Waals surface area contributed by atoms with Gasteiger partial charge < -0.3 is 4.90 Å². The first-order valence-corrected chi connectivity index (χ1v) is 4.61. The molecule has 0 heterocycles. The molecule has 0 spiro atoms. The molecule has 0 aromatic rings. The van der Waals surface area contributed by atoms with Crippen molar-refractivity contribution >= 4 is 0 Å². The van der Waals surface area contributed by atoms with E-state index in [1.807, 2.05) is 0 Å². The van der Waals surface area contributed by atoms with Crippen molar-refractivity contribution in [1.82, 2.24) is 10.3 Å². The van der Waals surface area contributed by atoms with Gasteiger partial charge in [-0.2, -0.15) is 0 Å². The molecule has 3 nitrogen and oxygen atoms in total. The van der Waals surface area contributed by atoms with Crippen LogP contribution in [0.1, 0.15) is 27.7 Å². The standard InChI is InChI=1S/C10H23N3/c1-8(2)7-9(12-11)10(3,4)13(5)6/h7,9,12H,11H2,1-6H3. The number of hydrazine groups is 1. The number of rotatable bonds is 4. The number of nitrogens with one attached hydrogen (secondary N) is 1. The quantitative estimate of drug-likeness (QED) is 0.392. The highest BCUT2D eigenvalue weighted by Crippen LogP contribution is 2.17. The van der Waals surface area contributed by atoms with Crippen LogP contribution in [0.3, 0.4) is 0 Å². The normalized spacial score (nSPS) is 14.5. The molecular weight excluding hydrogens is 162 g/mol. The van der Waals surface area contributed by atoms with Gasteiger partial charge in [0.15, 0.2) is 0 Å². The summed E-state index contributed by atoms with van der Waals surface area (Å²) in [7, 11) is 4.12. The van der Waals surface area contributed by atoms with Crippen molar-refractivity contribution in [2.24, 2.45) is 5.84 Å². The molecule has 0 saturated carbocycles. The lowest BCUT2D eigenvalue weighted by molar-refractivity contribution is 0.159. The molecule has 0 aliphatic rings. The molecular formula is C10H23N3. The molecule has 0 fully saturated rings. The Balaban J connectivity index is 4.66. The summed E-state index contributed by atoms with van der Waals surface area (Å²) in [5.74, 6) is 5.52. The van der Waals surface area contributed by atoms with Crippen molar-refractivity contribution < 1.29 is 0 Å². The largest absolute Gasteiger partial charge is 0.302 e. The molecule has 13 heavy (non-hydrogen) atoms. The average molecular weight is 185 g/mol. The summed E-state index contributed by atoms with van der Waals surface area (Å²) in [6, 6.07) is 0.174. The van der Waals surface area contributed by atoms with E-state index in [9.17, 15) is 0 Å². The van der Waals surface area contributed by atoms with E-state index in [1.165, 1.54) is 5.57 Å². The van der Waals surface area contributed by atoms with Crippen LogP contribution in [0.5, 0.6) is 0 Å². The third-order valence-electron chi connectivity index (χ3n) is 2.59. The van der Waals surface area contributed by atoms with Gasteiger partial charge in [0.2, 0.25) is 0 Å². The molecule has 0 aromatic carbocycles. The Kier molecular flexibility index (Phi) is 4.61. The van der Waals surface area contributed by atoms with Gasteiger partial charge >= 0.3 is 0 Å². The number of likely N-dealkylation sites (N-methyl/N-ethyl adjacent to an activating group) is 1. The number of nitrogens with zero attached hydrogens (tertiary/aromatic N) is 1. The zero-order valence-electron chi connectivity index (χ0n) is 9.68. The van der Waals surface area contributed by atoms with Crippen LogP contribution in [0.25, 0.3) is 0 Å². The molecule has 78 valence electrons. The zero-order chi connectivity index (χ0) is 10.6. The van der Waals surface area contributed by atoms with Gasteiger partial charge in [0.25, 0.3) is 0 Å². The SMILES string of the molecule is CC(C)=CC(NN)C(C)(C)N(C)C. The fourth-order valence-corrected chi connectivity index (χ4v) is 1.07. The maximum absolute atomic E-state index is 5.52. The predicted molar refractivity (Wildman–Crippen MR) is 58.3 cm³/mol. The molecule has 3 heteroatoms. The highest BCUT2D eigenvalue weighted by molar-refractivity contribution is 5.08. The summed E-state index contributed by atoms with van der Waals surface area (Å²) in [5, 5.41) is 0. The minimum atomic E-state index is 0.0199. The molecule has 0 aliphatic carbocycles. The molecule has 0 aromatic heterocycles. The lowest BCUT2D eigenvalue weighted by atomic mass is 9.92. The summed E-state index contributed by atoms with van der Waals surface area (Å²) in [5.41, 5.74) is 4.13. The molecule has 0 radical (unpaired) electrons. The van der Waals surface area contributed by atoms with Crippen molar-refractivity contribution in [3.8, 4) is 0 Å². The van der Waals surface area contributed by atoms with E-state index in [1.54, 1.807) is 0 Å². The predicted octanol–water partition coefficient (Wildman–Crippen LogP) is 1.12. The summed E-state index contributed by atoms with van der Waals surface area (Å²) >= 11 is 0. The van der Waals surface area contributed by atoms with Crippen LogP contribution in [-0.4, -0.2) is 30.6 Å². The lowest BCUT2D eigenvalue weighted by Crippen LogP contribution is -2.56. The average Bonchev–Trinajstić information content (AvgIpc) is 1.99. The molecule has 0 aliphatic heterocycles. The Bertz CT molecular complexity index is 179. The van der Waals surface area contributed by atoms with Crippen LogP contribution in [0.4, 0.5) is 0 Å². The van der Waals surface area contributed by atoms with Crippen LogP contribution in [0.15, 0.2) is 11.6 Å². The highest BCUT2D eigenvalue weighted by atomic mass is 15.3. The summed E-state index contributed by atoms with van der Waals surface area (Å²) in [6.07, 6.45) is 2.15. The van der Waals surface area contributed by atoms with Crippen LogP contribution in [0.2, 0.25) is 0 Å². The van der Waals surface area contributed by atoms with Crippen LogP contribution in [0, 0.1) is 0 Å². The first-order valence-electron chi connectivity index (χ1n) is 4.61. The topological polar surface area (TPSA) is 41.3 Å². The Morgan fingerprint density at radius 3 is 2.08 bits per heavy atom. The smallest absolute Gasteiger partial charge is 0.0571 e. The minimum Gasteiger partial charge on any atom is -0.302 e. The molecule has 0 bridgehead atoms. The van der Waals surface area contributed by atoms with Gasteiger partial charge in [0.05, 0.1) is 6.04 Å². The first kappa shape index (κ1) is 12.6. The molecule has 1 atom stereocenters. The maximum Gasteiger partial charge on any atom is 0.0571 e. The second-order valence-electron chi connectivity index (χ2n) is 4.44. The third-order valence-corrected chi connectivity index (χ3v) is 2.59. The fraction of sp³-hybridized carbons (Fsp3) is 0.800. The van der Waals surface area contributed by atoms with Gasteiger partial charge in [-0.25, -0.2) is 0 Å². The molecule has 1 unspecified atom stereocenters. The van der Waals surface area contributed by atoms with Crippen molar-refractivity contribution in [3.63, 3.8) is 0 Å². The van der Waals surface area contributed by atoms with Crippen LogP contribution < -0.4 is 11.3 Å². The van der Waals surface area contributed by atoms with Crippen molar-refractivity contribution in [2.75, 3.05) is 14.1 Å². The zero-order valence-corrected chi connectivity index (χ0v) is 9.68. The van der Waals surface area contributed by atoms with Gasteiger partial charge in [-0.05, 0) is 41.8 Å². The van der Waals surface area contributed by atoms with Crippen molar-refractivity contribution in [2.45, 2.75) is 39.3 Å². The number of nitrogens with two attached hydrogens (primary N) is 1. The van der Waals surface area contributed by atoms with E-state index in [4.69, 9.17) is 5.84 Å².